The molecule has 3 N–H and O–H groups in total. The van der Waals surface area contributed by atoms with Crippen molar-refractivity contribution in [3.05, 3.63) is 35.9 Å². The number of nitrogens with two attached hydrogens (primary N) is 1. The molecule has 3 heteroatoms. The molecule has 0 saturated carbocycles. The highest BCUT2D eigenvalue weighted by atomic mass is 16.1. The number of amides is 1. The highest BCUT2D eigenvalue weighted by molar-refractivity contribution is 5.76. The number of hydrogen-bond donors (Lipinski definition) is 2. The van der Waals surface area contributed by atoms with E-state index in [1.807, 2.05) is 30.3 Å². The predicted octanol–water partition coefficient (Wildman–Crippen LogP) is 3.02. The van der Waals surface area contributed by atoms with Gasteiger partial charge in [-0.05, 0) is 24.8 Å². The van der Waals surface area contributed by atoms with Crippen LogP contribution in [-0.2, 0) is 4.79 Å². The van der Waals surface area contributed by atoms with E-state index in [4.69, 9.17) is 5.73 Å². The lowest BCUT2D eigenvalue weighted by Crippen LogP contribution is -2.37. The molecule has 0 bridgehead atoms. The monoisotopic (exact) mass is 262 g/mol. The average molecular weight is 262 g/mol. The lowest BCUT2D eigenvalue weighted by molar-refractivity contribution is -0.122. The third kappa shape index (κ3) is 5.43. The van der Waals surface area contributed by atoms with Gasteiger partial charge in [0.1, 0.15) is 0 Å². The largest absolute Gasteiger partial charge is 0.353 e. The van der Waals surface area contributed by atoms with Gasteiger partial charge < -0.3 is 11.1 Å². The minimum Gasteiger partial charge on any atom is -0.353 e. The molecule has 1 rings (SSSR count). The topological polar surface area (TPSA) is 55.1 Å². The number of carbonyl (C=O) groups is 1. The SMILES string of the molecule is CCC(C)C(C)NC(=O)CCC(N)c1ccccc1. The first-order valence-electron chi connectivity index (χ1n) is 7.14. The van der Waals surface area contributed by atoms with Gasteiger partial charge in [-0.1, -0.05) is 50.6 Å². The van der Waals surface area contributed by atoms with Gasteiger partial charge in [-0.15, -0.1) is 0 Å². The second-order valence-electron chi connectivity index (χ2n) is 5.30. The Morgan fingerprint density at radius 2 is 1.89 bits per heavy atom. The summed E-state index contributed by atoms with van der Waals surface area (Å²) in [7, 11) is 0. The zero-order valence-electron chi connectivity index (χ0n) is 12.2. The molecule has 0 spiro atoms. The van der Waals surface area contributed by atoms with E-state index in [2.05, 4.69) is 26.1 Å². The molecule has 0 aliphatic carbocycles. The van der Waals surface area contributed by atoms with Crippen LogP contribution in [0.5, 0.6) is 0 Å². The highest BCUT2D eigenvalue weighted by Crippen LogP contribution is 2.15. The molecule has 19 heavy (non-hydrogen) atoms. The van der Waals surface area contributed by atoms with Crippen molar-refractivity contribution >= 4 is 5.91 Å². The fourth-order valence-electron chi connectivity index (χ4n) is 1.98. The lowest BCUT2D eigenvalue weighted by Gasteiger charge is -2.20. The van der Waals surface area contributed by atoms with Crippen molar-refractivity contribution in [3.8, 4) is 0 Å². The zero-order valence-corrected chi connectivity index (χ0v) is 12.2. The van der Waals surface area contributed by atoms with Gasteiger partial charge in [-0.3, -0.25) is 4.79 Å². The molecule has 0 aliphatic rings. The van der Waals surface area contributed by atoms with Crippen molar-refractivity contribution in [2.24, 2.45) is 11.7 Å². The van der Waals surface area contributed by atoms with Crippen LogP contribution >= 0.6 is 0 Å². The van der Waals surface area contributed by atoms with Crippen molar-refractivity contribution in [1.82, 2.24) is 5.32 Å². The van der Waals surface area contributed by atoms with Crippen LogP contribution in [-0.4, -0.2) is 11.9 Å². The molecule has 3 unspecified atom stereocenters. The first kappa shape index (κ1) is 15.7. The number of carbonyl (C=O) groups excluding carboxylic acids is 1. The summed E-state index contributed by atoms with van der Waals surface area (Å²) in [4.78, 5) is 11.8. The highest BCUT2D eigenvalue weighted by Gasteiger charge is 2.14. The Morgan fingerprint density at radius 1 is 1.26 bits per heavy atom. The fraction of sp³-hybridized carbons (Fsp3) is 0.562. The Morgan fingerprint density at radius 3 is 2.47 bits per heavy atom. The maximum Gasteiger partial charge on any atom is 0.220 e. The van der Waals surface area contributed by atoms with Crippen LogP contribution in [0, 0.1) is 5.92 Å². The molecular weight excluding hydrogens is 236 g/mol. The Kier molecular flexibility index (Phi) is 6.57. The summed E-state index contributed by atoms with van der Waals surface area (Å²) in [5, 5.41) is 3.04. The first-order chi connectivity index (χ1) is 9.04. The Labute approximate surface area is 116 Å². The third-order valence-electron chi connectivity index (χ3n) is 3.80. The maximum absolute atomic E-state index is 11.8. The van der Waals surface area contributed by atoms with E-state index in [0.717, 1.165) is 12.0 Å². The van der Waals surface area contributed by atoms with E-state index in [1.54, 1.807) is 0 Å². The van der Waals surface area contributed by atoms with Crippen molar-refractivity contribution in [2.45, 2.75) is 52.1 Å². The van der Waals surface area contributed by atoms with E-state index in [-0.39, 0.29) is 18.0 Å². The number of hydrogen-bond acceptors (Lipinski definition) is 2. The first-order valence-corrected chi connectivity index (χ1v) is 7.14. The summed E-state index contributed by atoms with van der Waals surface area (Å²) in [5.41, 5.74) is 7.17. The molecule has 1 aromatic rings. The van der Waals surface area contributed by atoms with Crippen LogP contribution < -0.4 is 11.1 Å². The lowest BCUT2D eigenvalue weighted by atomic mass is 10.00. The smallest absolute Gasteiger partial charge is 0.220 e. The van der Waals surface area contributed by atoms with Gasteiger partial charge in [0, 0.05) is 18.5 Å². The third-order valence-corrected chi connectivity index (χ3v) is 3.80. The molecule has 3 atom stereocenters. The summed E-state index contributed by atoms with van der Waals surface area (Å²) >= 11 is 0. The van der Waals surface area contributed by atoms with Crippen LogP contribution in [0.25, 0.3) is 0 Å². The standard InChI is InChI=1S/C16H26N2O/c1-4-12(2)13(3)18-16(19)11-10-15(17)14-8-6-5-7-9-14/h5-9,12-13,15H,4,10-11,17H2,1-3H3,(H,18,19). The van der Waals surface area contributed by atoms with Gasteiger partial charge in [0.05, 0.1) is 0 Å². The Balaban J connectivity index is 2.34. The van der Waals surface area contributed by atoms with Crippen molar-refractivity contribution in [1.29, 1.82) is 0 Å². The van der Waals surface area contributed by atoms with E-state index >= 15 is 0 Å². The van der Waals surface area contributed by atoms with E-state index in [9.17, 15) is 4.79 Å². The predicted molar refractivity (Wildman–Crippen MR) is 79.7 cm³/mol. The summed E-state index contributed by atoms with van der Waals surface area (Å²) in [6, 6.07) is 10.1. The summed E-state index contributed by atoms with van der Waals surface area (Å²) < 4.78 is 0. The van der Waals surface area contributed by atoms with Gasteiger partial charge in [0.2, 0.25) is 5.91 Å². The molecule has 0 aliphatic heterocycles. The molecule has 106 valence electrons. The molecule has 0 heterocycles. The van der Waals surface area contributed by atoms with Gasteiger partial charge in [-0.2, -0.15) is 0 Å². The van der Waals surface area contributed by atoms with Crippen molar-refractivity contribution in [3.63, 3.8) is 0 Å². The molecule has 0 aromatic heterocycles. The van der Waals surface area contributed by atoms with Gasteiger partial charge in [0.25, 0.3) is 0 Å². The van der Waals surface area contributed by atoms with Crippen molar-refractivity contribution in [2.75, 3.05) is 0 Å². The molecule has 0 saturated heterocycles. The normalized spacial score (nSPS) is 15.6. The number of rotatable bonds is 7. The molecule has 1 aromatic carbocycles. The summed E-state index contributed by atoms with van der Waals surface area (Å²) in [6.07, 6.45) is 2.24. The Hall–Kier alpha value is -1.35. The van der Waals surface area contributed by atoms with Gasteiger partial charge >= 0.3 is 0 Å². The quantitative estimate of drug-likeness (QED) is 0.793. The molecule has 0 fully saturated rings. The van der Waals surface area contributed by atoms with Gasteiger partial charge in [-0.25, -0.2) is 0 Å². The maximum atomic E-state index is 11.8. The second kappa shape index (κ2) is 7.95. The van der Waals surface area contributed by atoms with Crippen LogP contribution in [0.4, 0.5) is 0 Å². The van der Waals surface area contributed by atoms with Crippen molar-refractivity contribution < 1.29 is 4.79 Å². The zero-order chi connectivity index (χ0) is 14.3. The second-order valence-corrected chi connectivity index (χ2v) is 5.30. The van der Waals surface area contributed by atoms with Crippen LogP contribution in [0.15, 0.2) is 30.3 Å². The van der Waals surface area contributed by atoms with Crippen LogP contribution in [0.1, 0.15) is 51.6 Å². The fourth-order valence-corrected chi connectivity index (χ4v) is 1.98. The van der Waals surface area contributed by atoms with E-state index in [1.165, 1.54) is 0 Å². The number of nitrogens with one attached hydrogen (secondary N) is 1. The molecule has 3 nitrogen and oxygen atoms in total. The minimum atomic E-state index is -0.0640. The summed E-state index contributed by atoms with van der Waals surface area (Å²) in [5.74, 6) is 0.603. The molecule has 1 amide bonds. The van der Waals surface area contributed by atoms with Gasteiger partial charge in [0.15, 0.2) is 0 Å². The Bertz CT molecular complexity index is 378. The molecular formula is C16H26N2O. The molecule has 0 radical (unpaired) electrons. The van der Waals surface area contributed by atoms with Crippen LogP contribution in [0.2, 0.25) is 0 Å². The summed E-state index contributed by atoms with van der Waals surface area (Å²) in [6.45, 7) is 6.35. The number of benzene rings is 1. The van der Waals surface area contributed by atoms with E-state index in [0.29, 0.717) is 18.8 Å². The van der Waals surface area contributed by atoms with E-state index < -0.39 is 0 Å². The van der Waals surface area contributed by atoms with Crippen LogP contribution in [0.3, 0.4) is 0 Å². The average Bonchev–Trinajstić information content (AvgIpc) is 2.44. The minimum absolute atomic E-state index is 0.0640.